The van der Waals surface area contributed by atoms with Gasteiger partial charge in [0.1, 0.15) is 17.0 Å². The van der Waals surface area contributed by atoms with Crippen LogP contribution in [0.15, 0.2) is 62.9 Å². The lowest BCUT2D eigenvalue weighted by Crippen LogP contribution is -2.04. The second-order valence-corrected chi connectivity index (χ2v) is 8.34. The van der Waals surface area contributed by atoms with Crippen LogP contribution in [0.3, 0.4) is 0 Å². The summed E-state index contributed by atoms with van der Waals surface area (Å²) in [4.78, 5) is 11.4. The molecule has 0 amide bonds. The van der Waals surface area contributed by atoms with E-state index in [0.717, 1.165) is 21.4 Å². The molecule has 0 atom stereocenters. The molecule has 0 fully saturated rings. The summed E-state index contributed by atoms with van der Waals surface area (Å²) >= 11 is 2.80. The molecule has 5 rings (SSSR count). The van der Waals surface area contributed by atoms with Gasteiger partial charge in [-0.05, 0) is 18.2 Å². The Morgan fingerprint density at radius 1 is 0.964 bits per heavy atom. The number of aryl methyl sites for hydroxylation is 1. The molecule has 3 nitrogen and oxygen atoms in total. The Hall–Kier alpha value is -2.58. The molecule has 0 unspecified atom stereocenters. The topological polar surface area (TPSA) is 38.9 Å². The first-order chi connectivity index (χ1) is 13.4. The summed E-state index contributed by atoms with van der Waals surface area (Å²) in [5.74, 6) is 0.534. The predicted molar refractivity (Wildman–Crippen MR) is 102 cm³/mol. The van der Waals surface area contributed by atoms with E-state index in [2.05, 4.69) is 4.98 Å². The van der Waals surface area contributed by atoms with Crippen LogP contribution in [0, 0.1) is 6.92 Å². The van der Waals surface area contributed by atoms with Gasteiger partial charge in [-0.25, -0.2) is 9.97 Å². The molecule has 1 aliphatic heterocycles. The van der Waals surface area contributed by atoms with Crippen molar-refractivity contribution >= 4 is 23.1 Å². The Labute approximate surface area is 166 Å². The molecule has 28 heavy (non-hydrogen) atoms. The highest BCUT2D eigenvalue weighted by Gasteiger charge is 2.33. The van der Waals surface area contributed by atoms with Crippen LogP contribution in [0.5, 0.6) is 0 Å². The number of benzene rings is 2. The summed E-state index contributed by atoms with van der Waals surface area (Å²) in [5.41, 5.74) is 2.27. The first kappa shape index (κ1) is 17.5. The molecule has 8 heteroatoms. The van der Waals surface area contributed by atoms with Crippen LogP contribution in [-0.2, 0) is 6.18 Å². The third-order valence-corrected chi connectivity index (χ3v) is 6.63. The van der Waals surface area contributed by atoms with Gasteiger partial charge in [0.15, 0.2) is 5.89 Å². The molecule has 0 bridgehead atoms. The van der Waals surface area contributed by atoms with E-state index in [1.807, 2.05) is 24.3 Å². The van der Waals surface area contributed by atoms with Gasteiger partial charge in [-0.3, -0.25) is 0 Å². The Kier molecular flexibility index (Phi) is 3.89. The summed E-state index contributed by atoms with van der Waals surface area (Å²) in [6.45, 7) is 1.75. The van der Waals surface area contributed by atoms with Crippen LogP contribution in [0.25, 0.3) is 32.4 Å². The molecule has 0 N–H and O–H groups in total. The minimum absolute atomic E-state index is 0.534. The van der Waals surface area contributed by atoms with E-state index in [-0.39, 0.29) is 0 Å². The molecule has 140 valence electrons. The van der Waals surface area contributed by atoms with E-state index in [1.54, 1.807) is 13.2 Å². The molecule has 0 radical (unpaired) electrons. The number of halogens is 3. The number of nitrogens with zero attached hydrogens (tertiary/aromatic N) is 2. The fraction of sp³-hybridized carbons (Fsp3) is 0.100. The van der Waals surface area contributed by atoms with Gasteiger partial charge in [0, 0.05) is 27.8 Å². The quantitative estimate of drug-likeness (QED) is 0.297. The van der Waals surface area contributed by atoms with Gasteiger partial charge >= 0.3 is 6.18 Å². The number of aromatic nitrogens is 2. The van der Waals surface area contributed by atoms with Gasteiger partial charge in [-0.2, -0.15) is 13.2 Å². The fourth-order valence-corrected chi connectivity index (χ4v) is 5.35. The molecule has 2 aromatic carbocycles. The highest BCUT2D eigenvalue weighted by molar-refractivity contribution is 7.99. The lowest BCUT2D eigenvalue weighted by atomic mass is 10.0. The second-order valence-electron chi connectivity index (χ2n) is 6.26. The summed E-state index contributed by atoms with van der Waals surface area (Å²) in [6, 6.07) is 11.5. The minimum Gasteiger partial charge on any atom is -0.449 e. The number of oxazole rings is 1. The maximum atomic E-state index is 13.2. The van der Waals surface area contributed by atoms with Crippen molar-refractivity contribution in [1.29, 1.82) is 0 Å². The van der Waals surface area contributed by atoms with E-state index in [4.69, 9.17) is 9.40 Å². The molecular formula is C20H11F3N2OS2. The number of fused-ring (bicyclic) bond motifs is 5. The van der Waals surface area contributed by atoms with Crippen LogP contribution < -0.4 is 0 Å². The zero-order chi connectivity index (χ0) is 19.5. The first-order valence-corrected chi connectivity index (χ1v) is 9.95. The van der Waals surface area contributed by atoms with Crippen molar-refractivity contribution in [2.45, 2.75) is 22.9 Å². The van der Waals surface area contributed by atoms with E-state index in [9.17, 15) is 13.2 Å². The molecule has 0 spiro atoms. The van der Waals surface area contributed by atoms with Crippen molar-refractivity contribution < 1.29 is 17.6 Å². The Morgan fingerprint density at radius 3 is 2.54 bits per heavy atom. The molecule has 0 aliphatic carbocycles. The SMILES string of the molecule is Cc1nc(-c2nc3c(s2)-c2ccccc2Sc2cc(C(F)(F)F)ccc2-3)co1. The van der Waals surface area contributed by atoms with Crippen molar-refractivity contribution in [3.8, 4) is 32.4 Å². The van der Waals surface area contributed by atoms with Crippen molar-refractivity contribution in [1.82, 2.24) is 9.97 Å². The minimum atomic E-state index is -4.39. The van der Waals surface area contributed by atoms with Crippen molar-refractivity contribution in [3.63, 3.8) is 0 Å². The van der Waals surface area contributed by atoms with Crippen LogP contribution in [0.2, 0.25) is 0 Å². The number of hydrogen-bond acceptors (Lipinski definition) is 5. The number of thiazole rings is 1. The first-order valence-electron chi connectivity index (χ1n) is 8.32. The Morgan fingerprint density at radius 2 is 1.79 bits per heavy atom. The van der Waals surface area contributed by atoms with Gasteiger partial charge in [-0.15, -0.1) is 11.3 Å². The Balaban J connectivity index is 1.77. The summed E-state index contributed by atoms with van der Waals surface area (Å²) in [6.07, 6.45) is -2.85. The summed E-state index contributed by atoms with van der Waals surface area (Å²) < 4.78 is 45.0. The summed E-state index contributed by atoms with van der Waals surface area (Å²) in [7, 11) is 0. The third-order valence-electron chi connectivity index (χ3n) is 4.38. The smallest absolute Gasteiger partial charge is 0.416 e. The average Bonchev–Trinajstić information content (AvgIpc) is 3.25. The zero-order valence-electron chi connectivity index (χ0n) is 14.4. The number of hydrogen-bond donors (Lipinski definition) is 0. The van der Waals surface area contributed by atoms with Crippen molar-refractivity contribution in [2.24, 2.45) is 0 Å². The van der Waals surface area contributed by atoms with Crippen molar-refractivity contribution in [2.75, 3.05) is 0 Å². The van der Waals surface area contributed by atoms with E-state index < -0.39 is 11.7 Å². The van der Waals surface area contributed by atoms with Gasteiger partial charge in [-0.1, -0.05) is 36.0 Å². The number of alkyl halides is 3. The standard InChI is InChI=1S/C20H11F3N2OS2/c1-10-24-14(9-26-10)19-25-17-12-7-6-11(20(21,22)23)8-16(12)27-15-5-3-2-4-13(15)18(17)28-19/h2-9H,1H3. The van der Waals surface area contributed by atoms with E-state index in [0.29, 0.717) is 32.7 Å². The van der Waals surface area contributed by atoms with Crippen molar-refractivity contribution in [3.05, 3.63) is 60.2 Å². The van der Waals surface area contributed by atoms with E-state index in [1.165, 1.54) is 35.2 Å². The molecule has 0 saturated carbocycles. The van der Waals surface area contributed by atoms with E-state index >= 15 is 0 Å². The monoisotopic (exact) mass is 416 g/mol. The average molecular weight is 416 g/mol. The summed E-state index contributed by atoms with van der Waals surface area (Å²) in [5, 5.41) is 0.675. The fourth-order valence-electron chi connectivity index (χ4n) is 3.10. The maximum absolute atomic E-state index is 13.2. The number of rotatable bonds is 1. The van der Waals surface area contributed by atoms with Crippen LogP contribution >= 0.6 is 23.1 Å². The molecule has 3 heterocycles. The molecule has 2 aromatic heterocycles. The largest absolute Gasteiger partial charge is 0.449 e. The van der Waals surface area contributed by atoms with Crippen LogP contribution in [0.1, 0.15) is 11.5 Å². The van der Waals surface area contributed by atoms with Crippen LogP contribution in [-0.4, -0.2) is 9.97 Å². The lowest BCUT2D eigenvalue weighted by Gasteiger charge is -2.11. The highest BCUT2D eigenvalue weighted by atomic mass is 32.2. The maximum Gasteiger partial charge on any atom is 0.416 e. The van der Waals surface area contributed by atoms with Gasteiger partial charge in [0.05, 0.1) is 16.1 Å². The molecule has 0 saturated heterocycles. The van der Waals surface area contributed by atoms with Gasteiger partial charge in [0.2, 0.25) is 0 Å². The molecule has 4 aromatic rings. The Bertz CT molecular complexity index is 1210. The third kappa shape index (κ3) is 2.84. The molecular weight excluding hydrogens is 405 g/mol. The molecule has 1 aliphatic rings. The van der Waals surface area contributed by atoms with Crippen LogP contribution in [0.4, 0.5) is 13.2 Å². The zero-order valence-corrected chi connectivity index (χ0v) is 16.0. The highest BCUT2D eigenvalue weighted by Crippen LogP contribution is 2.51. The van der Waals surface area contributed by atoms with Gasteiger partial charge in [0.25, 0.3) is 0 Å². The lowest BCUT2D eigenvalue weighted by molar-refractivity contribution is -0.137. The predicted octanol–water partition coefficient (Wildman–Crippen LogP) is 6.92. The second kappa shape index (κ2) is 6.22. The van der Waals surface area contributed by atoms with Gasteiger partial charge < -0.3 is 4.42 Å². The normalized spacial score (nSPS) is 12.9.